The van der Waals surface area contributed by atoms with Gasteiger partial charge in [-0.2, -0.15) is 0 Å². The fourth-order valence-electron chi connectivity index (χ4n) is 15.8. The highest BCUT2D eigenvalue weighted by molar-refractivity contribution is 7.00. The van der Waals surface area contributed by atoms with Gasteiger partial charge in [0.15, 0.2) is 0 Å². The van der Waals surface area contributed by atoms with Crippen molar-refractivity contribution in [2.75, 3.05) is 24.5 Å². The van der Waals surface area contributed by atoms with E-state index in [1.807, 2.05) is 0 Å². The van der Waals surface area contributed by atoms with Gasteiger partial charge >= 0.3 is 0 Å². The van der Waals surface area contributed by atoms with E-state index in [0.717, 1.165) is 85.3 Å². The molecule has 0 N–H and O–H groups in total. The second kappa shape index (κ2) is 22.6. The fraction of sp³-hybridized carbons (Fsp3) is 0. The van der Waals surface area contributed by atoms with E-state index in [1.54, 1.807) is 0 Å². The van der Waals surface area contributed by atoms with E-state index in [0.29, 0.717) is 0 Å². The molecule has 96 heavy (non-hydrogen) atoms. The van der Waals surface area contributed by atoms with Gasteiger partial charge in [0.05, 0.1) is 5.69 Å². The fourth-order valence-corrected chi connectivity index (χ4v) is 15.8. The molecular formula is C90H60BN5. The first-order valence-electron chi connectivity index (χ1n) is 33.1. The molecule has 448 valence electrons. The molecule has 0 aromatic heterocycles. The zero-order chi connectivity index (χ0) is 63.2. The Bertz CT molecular complexity index is 5370. The monoisotopic (exact) mass is 1220 g/mol. The molecule has 2 aliphatic rings. The van der Waals surface area contributed by atoms with Crippen LogP contribution in [-0.4, -0.2) is 6.71 Å². The van der Waals surface area contributed by atoms with Gasteiger partial charge in [-0.25, -0.2) is 0 Å². The van der Waals surface area contributed by atoms with E-state index >= 15 is 0 Å². The summed E-state index contributed by atoms with van der Waals surface area (Å²) in [5.41, 5.74) is 19.7. The predicted molar refractivity (Wildman–Crippen MR) is 410 cm³/mol. The maximum Gasteiger partial charge on any atom is 0.252 e. The molecule has 17 aromatic rings. The van der Waals surface area contributed by atoms with Gasteiger partial charge in [-0.3, -0.25) is 0 Å². The molecule has 17 aromatic carbocycles. The minimum Gasteiger partial charge on any atom is -0.311 e. The summed E-state index contributed by atoms with van der Waals surface area (Å²) < 4.78 is 0. The summed E-state index contributed by atoms with van der Waals surface area (Å²) in [6.45, 7) is -0.231. The Morgan fingerprint density at radius 2 is 0.417 bits per heavy atom. The third-order valence-corrected chi connectivity index (χ3v) is 19.9. The minimum absolute atomic E-state index is 0.231. The molecule has 2 heterocycles. The van der Waals surface area contributed by atoms with Gasteiger partial charge in [-0.1, -0.05) is 231 Å². The lowest BCUT2D eigenvalue weighted by molar-refractivity contribution is 1.22. The smallest absolute Gasteiger partial charge is 0.252 e. The molecule has 0 spiro atoms. The average molecular weight is 1220 g/mol. The topological polar surface area (TPSA) is 16.2 Å². The van der Waals surface area contributed by atoms with Crippen molar-refractivity contribution < 1.29 is 0 Å². The lowest BCUT2D eigenvalue weighted by Gasteiger charge is -2.45. The average Bonchev–Trinajstić information content (AvgIpc) is 0.693. The third-order valence-electron chi connectivity index (χ3n) is 19.9. The SMILES string of the molecule is c1ccc(N(c2ccccc2)c2ccc3c(c2)N(c2ccc4c5ccccc5c5ccccc5c4c2)c2cc(N(c4ccccc4)c4ccccc4)cc4c2B3c2ccc(N(c3ccccc3)c3ccccc3)cc2N4c2ccc3c4ccccc4c4ccccc4c3c2)cc1. The Labute approximate surface area is 558 Å². The maximum atomic E-state index is 2.60. The molecule has 0 aliphatic carbocycles. The number of nitrogens with zero attached hydrogens (tertiary/aromatic N) is 5. The summed E-state index contributed by atoms with van der Waals surface area (Å²) in [7, 11) is 0. The van der Waals surface area contributed by atoms with Crippen LogP contribution in [-0.2, 0) is 0 Å². The summed E-state index contributed by atoms with van der Waals surface area (Å²) in [4.78, 5) is 12.5. The number of hydrogen-bond donors (Lipinski definition) is 0. The van der Waals surface area contributed by atoms with Crippen LogP contribution in [0.1, 0.15) is 0 Å². The molecule has 2 aliphatic heterocycles. The predicted octanol–water partition coefficient (Wildman–Crippen LogP) is 23.1. The van der Waals surface area contributed by atoms with Gasteiger partial charge in [0.25, 0.3) is 6.71 Å². The Morgan fingerprint density at radius 3 is 0.708 bits per heavy atom. The molecule has 5 nitrogen and oxygen atoms in total. The van der Waals surface area contributed by atoms with Gasteiger partial charge in [-0.05, 0) is 214 Å². The quantitative estimate of drug-likeness (QED) is 0.0945. The van der Waals surface area contributed by atoms with Crippen LogP contribution in [0.25, 0.3) is 64.6 Å². The van der Waals surface area contributed by atoms with Crippen LogP contribution < -0.4 is 40.9 Å². The molecular weight excluding hydrogens is 1160 g/mol. The molecule has 0 unspecified atom stereocenters. The van der Waals surface area contributed by atoms with E-state index in [1.165, 1.54) is 81.0 Å². The Hall–Kier alpha value is -12.6. The van der Waals surface area contributed by atoms with E-state index < -0.39 is 0 Å². The Morgan fingerprint density at radius 1 is 0.177 bits per heavy atom. The van der Waals surface area contributed by atoms with Crippen LogP contribution in [0.3, 0.4) is 0 Å². The molecule has 0 saturated heterocycles. The molecule has 0 bridgehead atoms. The molecule has 0 fully saturated rings. The largest absolute Gasteiger partial charge is 0.311 e. The highest BCUT2D eigenvalue weighted by Crippen LogP contribution is 2.52. The normalized spacial score (nSPS) is 12.3. The van der Waals surface area contributed by atoms with Crippen molar-refractivity contribution in [3.8, 4) is 0 Å². The number of para-hydroxylation sites is 6. The van der Waals surface area contributed by atoms with E-state index in [-0.39, 0.29) is 6.71 Å². The number of anilines is 15. The van der Waals surface area contributed by atoms with Crippen LogP contribution >= 0.6 is 0 Å². The second-order valence-electron chi connectivity index (χ2n) is 25.1. The van der Waals surface area contributed by atoms with Crippen molar-refractivity contribution in [3.05, 3.63) is 364 Å². The van der Waals surface area contributed by atoms with Gasteiger partial charge in [0, 0.05) is 79.6 Å². The molecule has 0 atom stereocenters. The van der Waals surface area contributed by atoms with Gasteiger partial charge in [0.1, 0.15) is 0 Å². The first-order valence-corrected chi connectivity index (χ1v) is 33.1. The second-order valence-corrected chi connectivity index (χ2v) is 25.1. The van der Waals surface area contributed by atoms with Crippen molar-refractivity contribution in [3.63, 3.8) is 0 Å². The van der Waals surface area contributed by atoms with Gasteiger partial charge in [-0.15, -0.1) is 0 Å². The lowest BCUT2D eigenvalue weighted by atomic mass is 9.33. The summed E-state index contributed by atoms with van der Waals surface area (Å²) in [6, 6.07) is 135. The highest BCUT2D eigenvalue weighted by Gasteiger charge is 2.45. The zero-order valence-corrected chi connectivity index (χ0v) is 52.5. The highest BCUT2D eigenvalue weighted by atomic mass is 15.2. The Kier molecular flexibility index (Phi) is 13.0. The Balaban J connectivity index is 0.960. The lowest BCUT2D eigenvalue weighted by Crippen LogP contribution is -2.61. The molecule has 6 heteroatoms. The first kappa shape index (κ1) is 55.0. The number of rotatable bonds is 11. The molecule has 0 amide bonds. The molecule has 0 radical (unpaired) electrons. The van der Waals surface area contributed by atoms with Crippen LogP contribution in [0.2, 0.25) is 0 Å². The maximum absolute atomic E-state index is 2.60. The number of fused-ring (bicyclic) bond motifs is 16. The van der Waals surface area contributed by atoms with Crippen LogP contribution in [0.4, 0.5) is 85.3 Å². The van der Waals surface area contributed by atoms with Gasteiger partial charge in [0.2, 0.25) is 0 Å². The summed E-state index contributed by atoms with van der Waals surface area (Å²) in [5.74, 6) is 0. The van der Waals surface area contributed by atoms with Gasteiger partial charge < -0.3 is 24.5 Å². The van der Waals surface area contributed by atoms with E-state index in [2.05, 4.69) is 388 Å². The zero-order valence-electron chi connectivity index (χ0n) is 52.5. The van der Waals surface area contributed by atoms with Crippen molar-refractivity contribution in [2.45, 2.75) is 0 Å². The van der Waals surface area contributed by atoms with Crippen molar-refractivity contribution in [1.29, 1.82) is 0 Å². The van der Waals surface area contributed by atoms with Crippen LogP contribution in [0.15, 0.2) is 364 Å². The van der Waals surface area contributed by atoms with Crippen molar-refractivity contribution >= 4 is 173 Å². The standard InChI is InChI=1S/C90H60BN5/c1-7-27-61(28-8-1)92(62-29-9-2-10-30-62)69-49-53-84-86(57-69)95(67-47-51-80-76-43-21-19-39-72(76)74-41-23-25-45-78(74)82(80)55-67)88-59-71(94(65-35-15-5-16-36-65)66-37-17-6-18-38-66)60-89-90(88)91(84)85-54-50-70(93(63-31-11-3-12-32-63)64-33-13-4-14-34-64)58-87(85)96(89)68-48-52-81-77-44-22-20-40-73(77)75-42-24-26-46-79(75)83(81)56-68/h1-60H. The number of hydrogen-bond acceptors (Lipinski definition) is 5. The van der Waals surface area contributed by atoms with Crippen molar-refractivity contribution in [2.24, 2.45) is 0 Å². The summed E-state index contributed by atoms with van der Waals surface area (Å²) in [5, 5.41) is 14.7. The first-order chi connectivity index (χ1) is 47.7. The summed E-state index contributed by atoms with van der Waals surface area (Å²) in [6.07, 6.45) is 0. The van der Waals surface area contributed by atoms with Crippen LogP contribution in [0.5, 0.6) is 0 Å². The molecule has 0 saturated carbocycles. The minimum atomic E-state index is -0.231. The van der Waals surface area contributed by atoms with Crippen LogP contribution in [0, 0.1) is 0 Å². The third kappa shape index (κ3) is 8.87. The van der Waals surface area contributed by atoms with E-state index in [9.17, 15) is 0 Å². The van der Waals surface area contributed by atoms with E-state index in [4.69, 9.17) is 0 Å². The summed E-state index contributed by atoms with van der Waals surface area (Å²) >= 11 is 0. The van der Waals surface area contributed by atoms with Crippen molar-refractivity contribution in [1.82, 2.24) is 0 Å². The molecule has 19 rings (SSSR count). The number of benzene rings is 17.